The maximum Gasteiger partial charge on any atom is 0.129 e. The highest BCUT2D eigenvalue weighted by Gasteiger charge is 2.57. The summed E-state index contributed by atoms with van der Waals surface area (Å²) in [6, 6.07) is 4.19. The van der Waals surface area contributed by atoms with Crippen LogP contribution in [-0.4, -0.2) is 13.2 Å². The van der Waals surface area contributed by atoms with Crippen molar-refractivity contribution < 1.29 is 9.15 Å². The molecule has 0 saturated heterocycles. The van der Waals surface area contributed by atoms with Gasteiger partial charge in [0, 0.05) is 19.1 Å². The Kier molecular flexibility index (Phi) is 2.16. The Morgan fingerprint density at radius 2 is 2.14 bits per heavy atom. The number of hydrogen-bond donors (Lipinski definition) is 1. The largest absolute Gasteiger partial charge is 0.463 e. The topological polar surface area (TPSA) is 48.4 Å². The molecule has 2 rings (SSSR count). The van der Waals surface area contributed by atoms with E-state index < -0.39 is 0 Å². The molecule has 3 nitrogen and oxygen atoms in total. The Morgan fingerprint density at radius 1 is 1.50 bits per heavy atom. The highest BCUT2D eigenvalue weighted by Crippen LogP contribution is 2.57. The van der Waals surface area contributed by atoms with Crippen molar-refractivity contribution in [2.45, 2.75) is 32.4 Å². The fraction of sp³-hybridized carbons (Fsp3) is 0.636. The van der Waals surface area contributed by atoms with Crippen LogP contribution in [0.2, 0.25) is 0 Å². The zero-order valence-corrected chi connectivity index (χ0v) is 8.91. The lowest BCUT2D eigenvalue weighted by atomic mass is 10.1. The third-order valence-electron chi connectivity index (χ3n) is 3.19. The Hall–Kier alpha value is -0.800. The Balaban J connectivity index is 2.12. The van der Waals surface area contributed by atoms with Gasteiger partial charge in [-0.15, -0.1) is 0 Å². The van der Waals surface area contributed by atoms with Crippen LogP contribution in [0.5, 0.6) is 0 Å². The maximum absolute atomic E-state index is 5.97. The van der Waals surface area contributed by atoms with E-state index in [1.54, 1.807) is 7.11 Å². The van der Waals surface area contributed by atoms with E-state index in [0.717, 1.165) is 11.5 Å². The molecule has 1 aromatic heterocycles. The van der Waals surface area contributed by atoms with E-state index >= 15 is 0 Å². The molecule has 0 radical (unpaired) electrons. The van der Waals surface area contributed by atoms with Crippen molar-refractivity contribution in [1.29, 1.82) is 0 Å². The van der Waals surface area contributed by atoms with Gasteiger partial charge < -0.3 is 14.9 Å². The molecular weight excluding hydrogens is 178 g/mol. The summed E-state index contributed by atoms with van der Waals surface area (Å²) in [4.78, 5) is 0. The van der Waals surface area contributed by atoms with Crippen LogP contribution in [-0.2, 0) is 11.3 Å². The van der Waals surface area contributed by atoms with Crippen LogP contribution in [0.15, 0.2) is 16.5 Å². The molecule has 0 aromatic carbocycles. The van der Waals surface area contributed by atoms with Gasteiger partial charge in [-0.1, -0.05) is 13.8 Å². The molecule has 2 N–H and O–H groups in total. The second kappa shape index (κ2) is 3.11. The minimum absolute atomic E-state index is 0.183. The van der Waals surface area contributed by atoms with Crippen LogP contribution in [0.3, 0.4) is 0 Å². The highest BCUT2D eigenvalue weighted by molar-refractivity contribution is 5.28. The zero-order chi connectivity index (χ0) is 10.3. The van der Waals surface area contributed by atoms with Gasteiger partial charge in [0.1, 0.15) is 18.1 Å². The molecule has 0 bridgehead atoms. The molecule has 0 spiro atoms. The number of methoxy groups -OCH3 is 1. The summed E-state index contributed by atoms with van der Waals surface area (Å²) in [5.74, 6) is 2.24. The first-order chi connectivity index (χ1) is 6.57. The molecule has 3 heteroatoms. The first-order valence-corrected chi connectivity index (χ1v) is 4.90. The highest BCUT2D eigenvalue weighted by atomic mass is 16.5. The summed E-state index contributed by atoms with van der Waals surface area (Å²) in [6.07, 6.45) is 0. The van der Waals surface area contributed by atoms with Gasteiger partial charge in [0.15, 0.2) is 0 Å². The first-order valence-electron chi connectivity index (χ1n) is 4.90. The maximum atomic E-state index is 5.97. The minimum Gasteiger partial charge on any atom is -0.463 e. The summed E-state index contributed by atoms with van der Waals surface area (Å²) in [5.41, 5.74) is 6.15. The van der Waals surface area contributed by atoms with E-state index in [9.17, 15) is 0 Å². The molecule has 0 aliphatic heterocycles. The third-order valence-corrected chi connectivity index (χ3v) is 3.19. The van der Waals surface area contributed by atoms with Crippen LogP contribution in [0.1, 0.15) is 31.3 Å². The molecule has 1 fully saturated rings. The van der Waals surface area contributed by atoms with Crippen LogP contribution in [0.4, 0.5) is 0 Å². The SMILES string of the molecule is COCc1ccc(C2C(N)C2(C)C)o1. The van der Waals surface area contributed by atoms with E-state index in [1.165, 1.54) is 0 Å². The average molecular weight is 195 g/mol. The predicted molar refractivity (Wildman–Crippen MR) is 53.9 cm³/mol. The van der Waals surface area contributed by atoms with E-state index in [2.05, 4.69) is 13.8 Å². The summed E-state index contributed by atoms with van der Waals surface area (Å²) in [7, 11) is 1.66. The monoisotopic (exact) mass is 195 g/mol. The second-order valence-corrected chi connectivity index (χ2v) is 4.56. The van der Waals surface area contributed by atoms with Crippen molar-refractivity contribution in [3.63, 3.8) is 0 Å². The minimum atomic E-state index is 0.183. The smallest absolute Gasteiger partial charge is 0.129 e. The van der Waals surface area contributed by atoms with Gasteiger partial charge in [0.25, 0.3) is 0 Å². The van der Waals surface area contributed by atoms with Crippen molar-refractivity contribution in [3.8, 4) is 0 Å². The van der Waals surface area contributed by atoms with Crippen LogP contribution < -0.4 is 5.73 Å². The summed E-state index contributed by atoms with van der Waals surface area (Å²) in [5, 5.41) is 0. The molecule has 1 heterocycles. The zero-order valence-electron chi connectivity index (χ0n) is 8.91. The molecule has 2 atom stereocenters. The van der Waals surface area contributed by atoms with Crippen molar-refractivity contribution >= 4 is 0 Å². The molecule has 0 amide bonds. The predicted octanol–water partition coefficient (Wildman–Crippen LogP) is 1.88. The molecule has 1 aliphatic carbocycles. The molecule has 14 heavy (non-hydrogen) atoms. The molecular formula is C11H17NO2. The van der Waals surface area contributed by atoms with Gasteiger partial charge in [-0.25, -0.2) is 0 Å². The summed E-state index contributed by atoms with van der Waals surface area (Å²) in [6.45, 7) is 4.87. The number of furan rings is 1. The molecule has 78 valence electrons. The summed E-state index contributed by atoms with van der Waals surface area (Å²) >= 11 is 0. The van der Waals surface area contributed by atoms with Crippen LogP contribution in [0, 0.1) is 5.41 Å². The fourth-order valence-electron chi connectivity index (χ4n) is 2.00. The quantitative estimate of drug-likeness (QED) is 0.801. The van der Waals surface area contributed by atoms with Gasteiger partial charge in [-0.05, 0) is 17.5 Å². The standard InChI is InChI=1S/C11H17NO2/c1-11(2)9(10(11)12)8-5-4-7(14-8)6-13-3/h4-5,9-10H,6,12H2,1-3H3. The van der Waals surface area contributed by atoms with Gasteiger partial charge in [0.2, 0.25) is 0 Å². The molecule has 1 aromatic rings. The van der Waals surface area contributed by atoms with Gasteiger partial charge >= 0.3 is 0 Å². The van der Waals surface area contributed by atoms with Crippen molar-refractivity contribution in [2.75, 3.05) is 7.11 Å². The number of nitrogens with two attached hydrogens (primary N) is 1. The lowest BCUT2D eigenvalue weighted by Crippen LogP contribution is -2.06. The summed E-state index contributed by atoms with van der Waals surface area (Å²) < 4.78 is 10.6. The van der Waals surface area contributed by atoms with E-state index in [-0.39, 0.29) is 11.5 Å². The normalized spacial score (nSPS) is 29.1. The van der Waals surface area contributed by atoms with Crippen molar-refractivity contribution in [3.05, 3.63) is 23.7 Å². The third kappa shape index (κ3) is 1.37. The number of ether oxygens (including phenoxy) is 1. The molecule has 2 unspecified atom stereocenters. The average Bonchev–Trinajstić information content (AvgIpc) is 2.52. The fourth-order valence-corrected chi connectivity index (χ4v) is 2.00. The van der Waals surface area contributed by atoms with E-state index in [1.807, 2.05) is 12.1 Å². The number of hydrogen-bond acceptors (Lipinski definition) is 3. The first kappa shape index (κ1) is 9.74. The van der Waals surface area contributed by atoms with Gasteiger partial charge in [-0.2, -0.15) is 0 Å². The Morgan fingerprint density at radius 3 is 2.64 bits per heavy atom. The van der Waals surface area contributed by atoms with E-state index in [4.69, 9.17) is 14.9 Å². The number of rotatable bonds is 3. The van der Waals surface area contributed by atoms with Crippen molar-refractivity contribution in [1.82, 2.24) is 0 Å². The lowest BCUT2D eigenvalue weighted by molar-refractivity contribution is 0.162. The Labute approximate surface area is 84.2 Å². The van der Waals surface area contributed by atoms with Crippen molar-refractivity contribution in [2.24, 2.45) is 11.1 Å². The molecule has 1 saturated carbocycles. The lowest BCUT2D eigenvalue weighted by Gasteiger charge is -1.98. The van der Waals surface area contributed by atoms with Gasteiger partial charge in [-0.3, -0.25) is 0 Å². The Bertz CT molecular complexity index is 330. The second-order valence-electron chi connectivity index (χ2n) is 4.56. The van der Waals surface area contributed by atoms with Gasteiger partial charge in [0.05, 0.1) is 0 Å². The molecule has 1 aliphatic rings. The van der Waals surface area contributed by atoms with Crippen LogP contribution >= 0.6 is 0 Å². The van der Waals surface area contributed by atoms with E-state index in [0.29, 0.717) is 12.5 Å². The van der Waals surface area contributed by atoms with Crippen LogP contribution in [0.25, 0.3) is 0 Å².